The van der Waals surface area contributed by atoms with Crippen molar-refractivity contribution in [3.8, 4) is 0 Å². The Balaban J connectivity index is 1.25. The first-order valence-electron chi connectivity index (χ1n) is 11.9. The van der Waals surface area contributed by atoms with Gasteiger partial charge in [0.2, 0.25) is 5.95 Å². The number of fused-ring (bicyclic) bond motifs is 2. The largest absolute Gasteiger partial charge is 0.396 e. The highest BCUT2D eigenvalue weighted by atomic mass is 19.4. The smallest absolute Gasteiger partial charge is 0.353 e. The van der Waals surface area contributed by atoms with Gasteiger partial charge in [-0.25, -0.2) is 14.5 Å². The Morgan fingerprint density at radius 2 is 2.03 bits per heavy atom. The van der Waals surface area contributed by atoms with Gasteiger partial charge in [0.1, 0.15) is 0 Å². The van der Waals surface area contributed by atoms with E-state index in [1.807, 2.05) is 12.1 Å². The third-order valence-corrected chi connectivity index (χ3v) is 6.92. The molecule has 0 atom stereocenters. The maximum Gasteiger partial charge on any atom is 0.396 e. The minimum absolute atomic E-state index is 0.126. The molecule has 2 N–H and O–H groups in total. The van der Waals surface area contributed by atoms with Gasteiger partial charge in [0.25, 0.3) is 5.91 Å². The van der Waals surface area contributed by atoms with Gasteiger partial charge in [-0.2, -0.15) is 18.3 Å². The van der Waals surface area contributed by atoms with Crippen LogP contribution in [0.3, 0.4) is 0 Å². The summed E-state index contributed by atoms with van der Waals surface area (Å²) in [4.78, 5) is 25.8. The lowest BCUT2D eigenvalue weighted by molar-refractivity contribution is -0.182. The number of alkyl halides is 3. The Labute approximate surface area is 209 Å². The van der Waals surface area contributed by atoms with Gasteiger partial charge in [-0.3, -0.25) is 9.78 Å². The number of amides is 1. The molecule has 6 rings (SSSR count). The molecule has 0 unspecified atom stereocenters. The fourth-order valence-corrected chi connectivity index (χ4v) is 4.57. The fourth-order valence-electron chi connectivity index (χ4n) is 4.57. The second-order valence-electron chi connectivity index (χ2n) is 9.34. The molecular formula is C26H22F3N7O. The van der Waals surface area contributed by atoms with Crippen molar-refractivity contribution in [2.45, 2.75) is 31.9 Å². The Morgan fingerprint density at radius 1 is 1.16 bits per heavy atom. The monoisotopic (exact) mass is 505 g/mol. The van der Waals surface area contributed by atoms with Crippen LogP contribution in [0.5, 0.6) is 0 Å². The van der Waals surface area contributed by atoms with E-state index in [0.29, 0.717) is 23.2 Å². The Morgan fingerprint density at radius 3 is 2.78 bits per heavy atom. The summed E-state index contributed by atoms with van der Waals surface area (Å²) in [5, 5.41) is 9.92. The first kappa shape index (κ1) is 23.1. The SMILES string of the molecule is O=C(Nc1cccnc1)c1cnn2ccc(C3=CCCc4nc(NCC5(C(F)(F)F)CC5)ncc43)cc12. The lowest BCUT2D eigenvalue weighted by Gasteiger charge is -2.21. The second kappa shape index (κ2) is 8.68. The van der Waals surface area contributed by atoms with E-state index < -0.39 is 11.6 Å². The molecule has 37 heavy (non-hydrogen) atoms. The fraction of sp³-hybridized carbons (Fsp3) is 0.269. The summed E-state index contributed by atoms with van der Waals surface area (Å²) in [6, 6.07) is 7.27. The van der Waals surface area contributed by atoms with Crippen molar-refractivity contribution in [3.05, 3.63) is 83.7 Å². The van der Waals surface area contributed by atoms with E-state index >= 15 is 0 Å². The molecule has 4 heterocycles. The van der Waals surface area contributed by atoms with Crippen molar-refractivity contribution in [1.29, 1.82) is 0 Å². The number of allylic oxidation sites excluding steroid dienone is 1. The molecule has 8 nitrogen and oxygen atoms in total. The molecular weight excluding hydrogens is 483 g/mol. The van der Waals surface area contributed by atoms with Crippen LogP contribution in [0.25, 0.3) is 11.1 Å². The summed E-state index contributed by atoms with van der Waals surface area (Å²) in [5.41, 5.74) is 3.32. The minimum atomic E-state index is -4.23. The zero-order chi connectivity index (χ0) is 25.6. The maximum absolute atomic E-state index is 13.3. The second-order valence-corrected chi connectivity index (χ2v) is 9.34. The Bertz CT molecular complexity index is 1520. The highest BCUT2D eigenvalue weighted by molar-refractivity contribution is 6.09. The molecule has 2 aliphatic carbocycles. The number of nitrogens with zero attached hydrogens (tertiary/aromatic N) is 5. The minimum Gasteiger partial charge on any atom is -0.353 e. The summed E-state index contributed by atoms with van der Waals surface area (Å²) in [6.45, 7) is -0.222. The molecule has 0 aromatic carbocycles. The number of halogens is 3. The maximum atomic E-state index is 13.3. The van der Waals surface area contributed by atoms with Crippen LogP contribution in [-0.4, -0.2) is 43.2 Å². The quantitative estimate of drug-likeness (QED) is 0.387. The van der Waals surface area contributed by atoms with Gasteiger partial charge in [0.05, 0.1) is 40.3 Å². The van der Waals surface area contributed by atoms with Crippen LogP contribution in [0, 0.1) is 5.41 Å². The summed E-state index contributed by atoms with van der Waals surface area (Å²) < 4.78 is 41.4. The lowest BCUT2D eigenvalue weighted by Crippen LogP contribution is -2.32. The van der Waals surface area contributed by atoms with Crippen molar-refractivity contribution in [2.75, 3.05) is 17.2 Å². The lowest BCUT2D eigenvalue weighted by atomic mass is 9.91. The number of rotatable bonds is 6. The normalized spacial score (nSPS) is 16.1. The van der Waals surface area contributed by atoms with Crippen molar-refractivity contribution < 1.29 is 18.0 Å². The molecule has 188 valence electrons. The van der Waals surface area contributed by atoms with Gasteiger partial charge < -0.3 is 10.6 Å². The van der Waals surface area contributed by atoms with E-state index in [9.17, 15) is 18.0 Å². The van der Waals surface area contributed by atoms with Gasteiger partial charge >= 0.3 is 6.18 Å². The van der Waals surface area contributed by atoms with Crippen molar-refractivity contribution in [3.63, 3.8) is 0 Å². The molecule has 1 fully saturated rings. The van der Waals surface area contributed by atoms with Crippen LogP contribution in [0.4, 0.5) is 24.8 Å². The van der Waals surface area contributed by atoms with E-state index in [1.165, 1.54) is 6.20 Å². The van der Waals surface area contributed by atoms with Crippen LogP contribution >= 0.6 is 0 Å². The number of carbonyl (C=O) groups excluding carboxylic acids is 1. The highest BCUT2D eigenvalue weighted by Crippen LogP contribution is 2.57. The van der Waals surface area contributed by atoms with E-state index in [-0.39, 0.29) is 31.2 Å². The number of hydrogen-bond acceptors (Lipinski definition) is 6. The van der Waals surface area contributed by atoms with E-state index in [2.05, 4.69) is 36.8 Å². The van der Waals surface area contributed by atoms with Gasteiger partial charge in [-0.15, -0.1) is 0 Å². The average Bonchev–Trinajstić information content (AvgIpc) is 3.59. The van der Waals surface area contributed by atoms with Crippen LogP contribution < -0.4 is 10.6 Å². The molecule has 0 aliphatic heterocycles. The predicted molar refractivity (Wildman–Crippen MR) is 131 cm³/mol. The highest BCUT2D eigenvalue weighted by Gasteiger charge is 2.63. The van der Waals surface area contributed by atoms with E-state index in [1.54, 1.807) is 41.4 Å². The molecule has 4 aromatic rings. The van der Waals surface area contributed by atoms with E-state index in [4.69, 9.17) is 0 Å². The molecule has 0 radical (unpaired) electrons. The molecule has 1 saturated carbocycles. The van der Waals surface area contributed by atoms with Crippen LogP contribution in [0.15, 0.2) is 61.3 Å². The summed E-state index contributed by atoms with van der Waals surface area (Å²) >= 11 is 0. The van der Waals surface area contributed by atoms with Gasteiger partial charge in [0.15, 0.2) is 0 Å². The number of aryl methyl sites for hydroxylation is 1. The standard InChI is InChI=1S/C26H22F3N7O/c27-26(28,29)25(7-8-25)15-32-24-31-13-19-18(4-1-5-21(19)35-24)16-6-10-36-22(11-16)20(14-33-36)23(37)34-17-3-2-9-30-12-17/h2-4,6,9-14H,1,5,7-8,15H2,(H,34,37)(H,31,32,35). The third kappa shape index (κ3) is 4.30. The van der Waals surface area contributed by atoms with Crippen molar-refractivity contribution >= 4 is 28.6 Å². The molecule has 0 bridgehead atoms. The summed E-state index contributed by atoms with van der Waals surface area (Å²) in [6.07, 6.45) is 7.63. The average molecular weight is 506 g/mol. The van der Waals surface area contributed by atoms with Crippen LogP contribution in [0.2, 0.25) is 0 Å². The van der Waals surface area contributed by atoms with Crippen molar-refractivity contribution in [1.82, 2.24) is 24.6 Å². The van der Waals surface area contributed by atoms with Gasteiger partial charge in [-0.05, 0) is 61.1 Å². The number of nitrogens with one attached hydrogen (secondary N) is 2. The van der Waals surface area contributed by atoms with Crippen LogP contribution in [0.1, 0.15) is 46.4 Å². The van der Waals surface area contributed by atoms with E-state index in [0.717, 1.165) is 28.8 Å². The Hall–Kier alpha value is -4.28. The predicted octanol–water partition coefficient (Wildman–Crippen LogP) is 4.90. The Kier molecular flexibility index (Phi) is 5.43. The molecule has 1 amide bonds. The number of carbonyl (C=O) groups is 1. The van der Waals surface area contributed by atoms with Crippen LogP contribution in [-0.2, 0) is 6.42 Å². The molecule has 2 aliphatic rings. The first-order chi connectivity index (χ1) is 17.8. The summed E-state index contributed by atoms with van der Waals surface area (Å²) in [5.74, 6) is -0.0966. The van der Waals surface area contributed by atoms with Gasteiger partial charge in [-0.1, -0.05) is 6.08 Å². The first-order valence-corrected chi connectivity index (χ1v) is 11.9. The molecule has 11 heteroatoms. The number of hydrogen-bond donors (Lipinski definition) is 2. The number of aromatic nitrogens is 5. The number of pyridine rings is 2. The van der Waals surface area contributed by atoms with Gasteiger partial charge in [0, 0.05) is 30.7 Å². The number of anilines is 2. The topological polar surface area (TPSA) is 97.1 Å². The molecule has 0 saturated heterocycles. The van der Waals surface area contributed by atoms with Crippen molar-refractivity contribution in [2.24, 2.45) is 5.41 Å². The third-order valence-electron chi connectivity index (χ3n) is 6.92. The molecule has 0 spiro atoms. The summed E-state index contributed by atoms with van der Waals surface area (Å²) in [7, 11) is 0. The molecule has 4 aromatic heterocycles. The zero-order valence-electron chi connectivity index (χ0n) is 19.6. The zero-order valence-corrected chi connectivity index (χ0v) is 19.6.